The van der Waals surface area contributed by atoms with Gasteiger partial charge in [0.2, 0.25) is 0 Å². The maximum absolute atomic E-state index is 5.61. The molecule has 23 heavy (non-hydrogen) atoms. The van der Waals surface area contributed by atoms with E-state index in [-0.39, 0.29) is 5.54 Å². The average Bonchev–Trinajstić information content (AvgIpc) is 3.23. The first-order valence-electron chi connectivity index (χ1n) is 8.67. The molecule has 0 aliphatic heterocycles. The highest BCUT2D eigenvalue weighted by atomic mass is 16.5. The van der Waals surface area contributed by atoms with Crippen molar-refractivity contribution in [1.29, 1.82) is 0 Å². The quantitative estimate of drug-likeness (QED) is 0.843. The highest BCUT2D eigenvalue weighted by Gasteiger charge is 2.37. The Balaban J connectivity index is 1.78. The fourth-order valence-corrected chi connectivity index (χ4v) is 3.68. The topological polar surface area (TPSA) is 39.1 Å². The number of benzene rings is 1. The number of hydrogen-bond donors (Lipinski definition) is 1. The van der Waals surface area contributed by atoms with Crippen LogP contribution in [0.2, 0.25) is 0 Å². The maximum atomic E-state index is 5.61. The Hall–Kier alpha value is -1.81. The zero-order chi connectivity index (χ0) is 16.1. The predicted octanol–water partition coefficient (Wildman–Crippen LogP) is 3.86. The molecule has 0 unspecified atom stereocenters. The van der Waals surface area contributed by atoms with Crippen molar-refractivity contribution in [2.75, 3.05) is 7.11 Å². The van der Waals surface area contributed by atoms with Crippen LogP contribution in [0.25, 0.3) is 0 Å². The minimum atomic E-state index is 0.0272. The van der Waals surface area contributed by atoms with E-state index in [1.807, 2.05) is 16.9 Å². The summed E-state index contributed by atoms with van der Waals surface area (Å²) >= 11 is 0. The lowest BCUT2D eigenvalue weighted by Gasteiger charge is -2.32. The van der Waals surface area contributed by atoms with Crippen LogP contribution in [0.3, 0.4) is 0 Å². The molecule has 2 aromatic rings. The number of rotatable bonds is 7. The number of methoxy groups -OCH3 is 1. The molecule has 4 nitrogen and oxygen atoms in total. The maximum Gasteiger partial charge on any atom is 0.123 e. The van der Waals surface area contributed by atoms with Crippen LogP contribution in [0, 0.1) is 0 Å². The summed E-state index contributed by atoms with van der Waals surface area (Å²) in [4.78, 5) is 0. The molecule has 0 saturated heterocycles. The van der Waals surface area contributed by atoms with Crippen LogP contribution in [-0.2, 0) is 18.6 Å². The summed E-state index contributed by atoms with van der Waals surface area (Å²) in [6.45, 7) is 4.01. The Kier molecular flexibility index (Phi) is 5.01. The molecule has 0 atom stereocenters. The lowest BCUT2D eigenvalue weighted by Crippen LogP contribution is -2.39. The number of nitrogens with zero attached hydrogens (tertiary/aromatic N) is 2. The first kappa shape index (κ1) is 16.1. The lowest BCUT2D eigenvalue weighted by atomic mass is 9.87. The Morgan fingerprint density at radius 3 is 2.78 bits per heavy atom. The van der Waals surface area contributed by atoms with Crippen LogP contribution >= 0.6 is 0 Å². The number of ether oxygens (including phenoxy) is 1. The second-order valence-corrected chi connectivity index (χ2v) is 6.45. The van der Waals surface area contributed by atoms with Crippen molar-refractivity contribution in [2.45, 2.75) is 57.7 Å². The van der Waals surface area contributed by atoms with Crippen LogP contribution in [0.1, 0.15) is 50.2 Å². The molecule has 0 radical (unpaired) electrons. The van der Waals surface area contributed by atoms with Gasteiger partial charge >= 0.3 is 0 Å². The average molecular weight is 313 g/mol. The zero-order valence-corrected chi connectivity index (χ0v) is 14.2. The van der Waals surface area contributed by atoms with E-state index in [9.17, 15) is 0 Å². The van der Waals surface area contributed by atoms with Gasteiger partial charge in [0.15, 0.2) is 0 Å². The predicted molar refractivity (Wildman–Crippen MR) is 92.5 cm³/mol. The second kappa shape index (κ2) is 7.18. The molecule has 0 amide bonds. The number of nitrogens with one attached hydrogen (secondary N) is 1. The molecule has 3 rings (SSSR count). The number of para-hydroxylation sites is 1. The van der Waals surface area contributed by atoms with Gasteiger partial charge in [0, 0.05) is 36.0 Å². The van der Waals surface area contributed by atoms with Crippen molar-refractivity contribution in [2.24, 2.45) is 0 Å². The van der Waals surface area contributed by atoms with Crippen molar-refractivity contribution in [3.05, 3.63) is 47.8 Å². The van der Waals surface area contributed by atoms with Gasteiger partial charge in [-0.3, -0.25) is 4.68 Å². The summed E-state index contributed by atoms with van der Waals surface area (Å²) in [5, 5.41) is 8.26. The summed E-state index contributed by atoms with van der Waals surface area (Å²) in [5.74, 6) is 0.989. The minimum Gasteiger partial charge on any atom is -0.496 e. The zero-order valence-electron chi connectivity index (χ0n) is 14.2. The fourth-order valence-electron chi connectivity index (χ4n) is 3.68. The Morgan fingerprint density at radius 1 is 1.26 bits per heavy atom. The van der Waals surface area contributed by atoms with E-state index in [0.717, 1.165) is 38.1 Å². The minimum absolute atomic E-state index is 0.0272. The van der Waals surface area contributed by atoms with Crippen molar-refractivity contribution >= 4 is 0 Å². The van der Waals surface area contributed by atoms with Crippen LogP contribution in [0.15, 0.2) is 36.7 Å². The molecule has 4 heteroatoms. The van der Waals surface area contributed by atoms with E-state index in [2.05, 4.69) is 41.7 Å². The molecule has 1 aliphatic carbocycles. The van der Waals surface area contributed by atoms with Crippen molar-refractivity contribution in [3.63, 3.8) is 0 Å². The monoisotopic (exact) mass is 313 g/mol. The van der Waals surface area contributed by atoms with E-state index >= 15 is 0 Å². The molecular formula is C19H27N3O. The Morgan fingerprint density at radius 2 is 2.04 bits per heavy atom. The summed E-state index contributed by atoms with van der Waals surface area (Å²) in [6.07, 6.45) is 10.1. The van der Waals surface area contributed by atoms with Crippen LogP contribution < -0.4 is 10.1 Å². The van der Waals surface area contributed by atoms with Gasteiger partial charge in [0.1, 0.15) is 5.75 Å². The molecular weight excluding hydrogens is 286 g/mol. The van der Waals surface area contributed by atoms with Crippen LogP contribution in [0.5, 0.6) is 5.75 Å². The van der Waals surface area contributed by atoms with Gasteiger partial charge in [-0.2, -0.15) is 5.10 Å². The van der Waals surface area contributed by atoms with Crippen molar-refractivity contribution in [1.82, 2.24) is 15.1 Å². The molecule has 1 aliphatic rings. The SMILES string of the molecule is CCCn1cc(CNC2(c3ccccc3OC)CCCC2)cn1. The first-order chi connectivity index (χ1) is 11.3. The molecule has 1 N–H and O–H groups in total. The van der Waals surface area contributed by atoms with Gasteiger partial charge in [-0.25, -0.2) is 0 Å². The highest BCUT2D eigenvalue weighted by molar-refractivity contribution is 5.40. The molecule has 1 heterocycles. The van der Waals surface area contributed by atoms with Crippen LogP contribution in [-0.4, -0.2) is 16.9 Å². The fraction of sp³-hybridized carbons (Fsp3) is 0.526. The summed E-state index contributed by atoms with van der Waals surface area (Å²) in [5.41, 5.74) is 2.57. The molecule has 1 aromatic heterocycles. The number of aromatic nitrogens is 2. The molecule has 1 fully saturated rings. The number of aryl methyl sites for hydroxylation is 1. The smallest absolute Gasteiger partial charge is 0.123 e. The summed E-state index contributed by atoms with van der Waals surface area (Å²) in [7, 11) is 1.76. The van der Waals surface area contributed by atoms with Gasteiger partial charge in [0.25, 0.3) is 0 Å². The second-order valence-electron chi connectivity index (χ2n) is 6.45. The standard InChI is InChI=1S/C19H27N3O/c1-3-12-22-15-16(14-21-22)13-20-19(10-6-7-11-19)17-8-4-5-9-18(17)23-2/h4-5,8-9,14-15,20H,3,6-7,10-13H2,1-2H3. The summed E-state index contributed by atoms with van der Waals surface area (Å²) < 4.78 is 7.64. The molecule has 124 valence electrons. The molecule has 0 bridgehead atoms. The van der Waals surface area contributed by atoms with E-state index in [1.54, 1.807) is 7.11 Å². The van der Waals surface area contributed by atoms with Gasteiger partial charge < -0.3 is 10.1 Å². The van der Waals surface area contributed by atoms with Crippen molar-refractivity contribution < 1.29 is 4.74 Å². The van der Waals surface area contributed by atoms with E-state index < -0.39 is 0 Å². The Bertz CT molecular complexity index is 629. The van der Waals surface area contributed by atoms with Gasteiger partial charge in [-0.15, -0.1) is 0 Å². The van der Waals surface area contributed by atoms with E-state index in [0.29, 0.717) is 0 Å². The van der Waals surface area contributed by atoms with Crippen LogP contribution in [0.4, 0.5) is 0 Å². The Labute approximate surface area is 138 Å². The number of hydrogen-bond acceptors (Lipinski definition) is 3. The molecule has 1 saturated carbocycles. The lowest BCUT2D eigenvalue weighted by molar-refractivity contribution is 0.316. The summed E-state index contributed by atoms with van der Waals surface area (Å²) in [6, 6.07) is 8.42. The van der Waals surface area contributed by atoms with E-state index in [1.165, 1.54) is 24.0 Å². The van der Waals surface area contributed by atoms with Gasteiger partial charge in [0.05, 0.1) is 13.3 Å². The van der Waals surface area contributed by atoms with Gasteiger partial charge in [-0.05, 0) is 25.3 Å². The third kappa shape index (κ3) is 3.42. The normalized spacial score (nSPS) is 16.6. The molecule has 1 aromatic carbocycles. The highest BCUT2D eigenvalue weighted by Crippen LogP contribution is 2.42. The van der Waals surface area contributed by atoms with Gasteiger partial charge in [-0.1, -0.05) is 38.0 Å². The third-order valence-corrected chi connectivity index (χ3v) is 4.85. The van der Waals surface area contributed by atoms with E-state index in [4.69, 9.17) is 4.74 Å². The largest absolute Gasteiger partial charge is 0.496 e. The first-order valence-corrected chi connectivity index (χ1v) is 8.67. The van der Waals surface area contributed by atoms with Crippen molar-refractivity contribution in [3.8, 4) is 5.75 Å². The molecule has 0 spiro atoms. The third-order valence-electron chi connectivity index (χ3n) is 4.85.